The molecule has 0 amide bonds. The van der Waals surface area contributed by atoms with Crippen LogP contribution in [0.25, 0.3) is 0 Å². The molecule has 3 aliphatic heterocycles. The van der Waals surface area contributed by atoms with Crippen LogP contribution in [0.1, 0.15) is 85.5 Å². The van der Waals surface area contributed by atoms with Crippen LogP contribution in [0.4, 0.5) is 0 Å². The number of ether oxygens (including phenoxy) is 8. The van der Waals surface area contributed by atoms with E-state index < -0.39 is 22.6 Å². The first-order chi connectivity index (χ1) is 26.2. The number of Topliss-reactive ketones (excluding diaryl/α,β-unsaturated/α-hetero) is 1. The first kappa shape index (κ1) is 42.3. The normalized spacial score (nSPS) is 48.4. The predicted octanol–water partition coefficient (Wildman–Crippen LogP) is 6.35. The van der Waals surface area contributed by atoms with E-state index in [4.69, 9.17) is 61.1 Å². The minimum absolute atomic E-state index is 0.0158. The molecule has 7 rings (SSSR count). The average molecular weight is 815 g/mol. The molecule has 3 heterocycles. The molecule has 6 fully saturated rings. The largest absolute Gasteiger partial charge is 0.462 e. The number of halogens is 2. The van der Waals surface area contributed by atoms with E-state index in [9.17, 15) is 9.59 Å². The molecule has 0 N–H and O–H groups in total. The Morgan fingerprint density at radius 1 is 0.855 bits per heavy atom. The SMILES string of the molecule is CC[C@H]1CCC[C@H](O[C@@H]2CC[C@H](N(C)C)[C@@H](C)O2)[C@@H](C)C(=O)C2=C[C@H]3[C@@H]4C[C@H](O[C@@H]5O[C@@H](C)[C@H](OC)[C@@H](OC)[C@H]5OC)C[C@H]4C4C([C@H]3[C@@H]2CC(=O)O1)C4(Cl)Cl. The average Bonchev–Trinajstić information content (AvgIpc) is 3.40. The van der Waals surface area contributed by atoms with Gasteiger partial charge in [0.1, 0.15) is 28.7 Å². The summed E-state index contributed by atoms with van der Waals surface area (Å²) >= 11 is 14.5. The fourth-order valence-electron chi connectivity index (χ4n) is 12.0. The Bertz CT molecular complexity index is 1410. The molecule has 55 heavy (non-hydrogen) atoms. The van der Waals surface area contributed by atoms with Crippen molar-refractivity contribution in [1.29, 1.82) is 0 Å². The van der Waals surface area contributed by atoms with Crippen molar-refractivity contribution >= 4 is 35.0 Å². The first-order valence-corrected chi connectivity index (χ1v) is 21.7. The molecular weight excluding hydrogens is 749 g/mol. The lowest BCUT2D eigenvalue weighted by Crippen LogP contribution is -2.59. The lowest BCUT2D eigenvalue weighted by atomic mass is 9.66. The molecule has 13 heteroatoms. The van der Waals surface area contributed by atoms with E-state index in [0.29, 0.717) is 18.0 Å². The van der Waals surface area contributed by atoms with E-state index in [1.807, 2.05) is 13.8 Å². The molecule has 3 saturated heterocycles. The van der Waals surface area contributed by atoms with Crippen LogP contribution in [0.15, 0.2) is 11.6 Å². The number of fused-ring (bicyclic) bond motifs is 8. The van der Waals surface area contributed by atoms with Gasteiger partial charge < -0.3 is 42.8 Å². The highest BCUT2D eigenvalue weighted by Crippen LogP contribution is 2.77. The Hall–Kier alpha value is -0.860. The molecule has 3 saturated carbocycles. The summed E-state index contributed by atoms with van der Waals surface area (Å²) in [5.74, 6) is -0.622. The number of esters is 1. The summed E-state index contributed by atoms with van der Waals surface area (Å²) in [4.78, 5) is 30.8. The fourth-order valence-corrected chi connectivity index (χ4v) is 13.0. The summed E-state index contributed by atoms with van der Waals surface area (Å²) in [5, 5.41) is 0. The van der Waals surface area contributed by atoms with Crippen LogP contribution >= 0.6 is 23.2 Å². The smallest absolute Gasteiger partial charge is 0.306 e. The number of carbonyl (C=O) groups is 2. The van der Waals surface area contributed by atoms with Gasteiger partial charge in [-0.05, 0) is 109 Å². The molecule has 4 aliphatic carbocycles. The number of alkyl halides is 2. The van der Waals surface area contributed by atoms with Crippen molar-refractivity contribution in [3.63, 3.8) is 0 Å². The van der Waals surface area contributed by atoms with Gasteiger partial charge in [-0.2, -0.15) is 0 Å². The van der Waals surface area contributed by atoms with Crippen LogP contribution in [-0.2, 0) is 47.5 Å². The Kier molecular flexibility index (Phi) is 13.1. The zero-order chi connectivity index (χ0) is 39.5. The Balaban J connectivity index is 1.15. The maximum atomic E-state index is 14.9. The molecule has 7 aliphatic rings. The van der Waals surface area contributed by atoms with Crippen LogP contribution in [0.2, 0.25) is 0 Å². The number of likely N-dealkylation sites (N-methyl/N-ethyl adjacent to an activating group) is 1. The maximum absolute atomic E-state index is 14.9. The number of methoxy groups -OCH3 is 3. The molecule has 0 radical (unpaired) electrons. The van der Waals surface area contributed by atoms with E-state index in [1.54, 1.807) is 21.3 Å². The minimum atomic E-state index is -0.947. The van der Waals surface area contributed by atoms with Gasteiger partial charge in [-0.1, -0.05) is 19.9 Å². The topological polar surface area (TPSA) is 111 Å². The van der Waals surface area contributed by atoms with Crippen molar-refractivity contribution in [1.82, 2.24) is 4.90 Å². The van der Waals surface area contributed by atoms with Crippen molar-refractivity contribution in [3.8, 4) is 0 Å². The van der Waals surface area contributed by atoms with E-state index in [2.05, 4.69) is 38.9 Å². The standard InChI is InChI=1S/C42H65Cl2NO10/c1-10-23-12-11-13-31(55-33-15-14-30(45(5)6)21(3)51-33)20(2)37(47)29-18-26-25-16-24(54-41-40(50-9)39(49-8)38(48-7)22(4)52-41)17-28(25)35-36(42(35,43)44)34(26)27(29)19-32(46)53-23/h18,20-28,30-31,33-36,38-41H,10-17,19H2,1-9H3/t20-,21-,22+,23+,24+,25+,26+,27-,28-,30+,31+,33-,34-,35?,36?,38+,39-,40-,41+/m1/s1. The lowest BCUT2D eigenvalue weighted by molar-refractivity contribution is -0.314. The van der Waals surface area contributed by atoms with Gasteiger partial charge in [0.25, 0.3) is 0 Å². The monoisotopic (exact) mass is 813 g/mol. The number of hydrogen-bond acceptors (Lipinski definition) is 11. The highest BCUT2D eigenvalue weighted by atomic mass is 35.5. The Labute approximate surface area is 338 Å². The van der Waals surface area contributed by atoms with Gasteiger partial charge in [0.15, 0.2) is 18.4 Å². The van der Waals surface area contributed by atoms with Crippen molar-refractivity contribution in [3.05, 3.63) is 11.6 Å². The molecule has 0 spiro atoms. The van der Waals surface area contributed by atoms with Crippen LogP contribution in [0, 0.1) is 47.3 Å². The lowest BCUT2D eigenvalue weighted by Gasteiger charge is -2.44. The highest BCUT2D eigenvalue weighted by Gasteiger charge is 2.76. The van der Waals surface area contributed by atoms with E-state index in [-0.39, 0.29) is 109 Å². The van der Waals surface area contributed by atoms with Gasteiger partial charge in [-0.3, -0.25) is 9.59 Å². The van der Waals surface area contributed by atoms with Gasteiger partial charge in [0, 0.05) is 51.0 Å². The van der Waals surface area contributed by atoms with E-state index in [0.717, 1.165) is 44.9 Å². The molecule has 312 valence electrons. The quantitative estimate of drug-likeness (QED) is 0.192. The molecule has 0 aromatic carbocycles. The van der Waals surface area contributed by atoms with Gasteiger partial charge >= 0.3 is 5.97 Å². The zero-order valence-corrected chi connectivity index (χ0v) is 35.7. The second-order valence-electron chi connectivity index (χ2n) is 17.8. The molecule has 0 aromatic rings. The second-order valence-corrected chi connectivity index (χ2v) is 19.3. The molecule has 0 aromatic heterocycles. The number of nitrogens with zero attached hydrogens (tertiary/aromatic N) is 1. The molecule has 19 atom stereocenters. The van der Waals surface area contributed by atoms with E-state index in [1.165, 1.54) is 0 Å². The number of hydrogen-bond donors (Lipinski definition) is 0. The fraction of sp³-hybridized carbons (Fsp3) is 0.905. The minimum Gasteiger partial charge on any atom is -0.462 e. The number of carbonyl (C=O) groups excluding carboxylic acids is 2. The van der Waals surface area contributed by atoms with Crippen molar-refractivity contribution in [2.24, 2.45) is 47.3 Å². The summed E-state index contributed by atoms with van der Waals surface area (Å²) in [7, 11) is 9.10. The van der Waals surface area contributed by atoms with Gasteiger partial charge in [-0.25, -0.2) is 0 Å². The maximum Gasteiger partial charge on any atom is 0.306 e. The molecule has 0 bridgehead atoms. The van der Waals surface area contributed by atoms with Crippen LogP contribution < -0.4 is 0 Å². The third kappa shape index (κ3) is 7.96. The predicted molar refractivity (Wildman–Crippen MR) is 207 cm³/mol. The van der Waals surface area contributed by atoms with Gasteiger partial charge in [0.2, 0.25) is 0 Å². The Morgan fingerprint density at radius 3 is 2.22 bits per heavy atom. The van der Waals surface area contributed by atoms with Crippen molar-refractivity contribution in [2.75, 3.05) is 35.4 Å². The van der Waals surface area contributed by atoms with Crippen LogP contribution in [0.5, 0.6) is 0 Å². The third-order valence-electron chi connectivity index (χ3n) is 14.7. The third-order valence-corrected chi connectivity index (χ3v) is 15.7. The molecule has 2 unspecified atom stereocenters. The van der Waals surface area contributed by atoms with Crippen molar-refractivity contribution in [2.45, 2.75) is 157 Å². The molecule has 11 nitrogen and oxygen atoms in total. The number of rotatable bonds is 9. The summed E-state index contributed by atoms with van der Waals surface area (Å²) in [6, 6.07) is 0.319. The summed E-state index contributed by atoms with van der Waals surface area (Å²) in [5.41, 5.74) is 0.713. The van der Waals surface area contributed by atoms with E-state index >= 15 is 0 Å². The number of ketones is 1. The molecular formula is C42H65Cl2NO10. The highest BCUT2D eigenvalue weighted by molar-refractivity contribution is 6.51. The number of cyclic esters (lactones) is 1. The Morgan fingerprint density at radius 2 is 1.56 bits per heavy atom. The summed E-state index contributed by atoms with van der Waals surface area (Å²) in [6.45, 7) is 8.12. The first-order valence-electron chi connectivity index (χ1n) is 20.9. The van der Waals surface area contributed by atoms with Gasteiger partial charge in [0.05, 0.1) is 30.8 Å². The zero-order valence-electron chi connectivity index (χ0n) is 34.2. The second kappa shape index (κ2) is 17.0. The summed E-state index contributed by atoms with van der Waals surface area (Å²) in [6.07, 6.45) is 5.43. The van der Waals surface area contributed by atoms with Crippen molar-refractivity contribution < 1.29 is 47.5 Å². The number of allylic oxidation sites excluding steroid dienone is 2. The van der Waals surface area contributed by atoms with Crippen LogP contribution in [-0.4, -0.2) is 124 Å². The summed E-state index contributed by atoms with van der Waals surface area (Å²) < 4.78 is 48.9. The van der Waals surface area contributed by atoms with Crippen LogP contribution in [0.3, 0.4) is 0 Å². The van der Waals surface area contributed by atoms with Gasteiger partial charge in [-0.15, -0.1) is 23.2 Å².